The van der Waals surface area contributed by atoms with Gasteiger partial charge in [-0.1, -0.05) is 27.7 Å². The number of carbonyl (C=O) groups is 1. The maximum absolute atomic E-state index is 12.0. The Morgan fingerprint density at radius 3 is 2.10 bits per heavy atom. The van der Waals surface area contributed by atoms with Gasteiger partial charge in [-0.25, -0.2) is 0 Å². The van der Waals surface area contributed by atoms with Crippen LogP contribution in [0.5, 0.6) is 0 Å². The van der Waals surface area contributed by atoms with Gasteiger partial charge in [0, 0.05) is 12.1 Å². The van der Waals surface area contributed by atoms with Crippen molar-refractivity contribution in [1.29, 1.82) is 0 Å². The van der Waals surface area contributed by atoms with E-state index in [0.29, 0.717) is 6.04 Å². The molecular formula is C16H34N2O2. The lowest BCUT2D eigenvalue weighted by Crippen LogP contribution is -2.55. The summed E-state index contributed by atoms with van der Waals surface area (Å²) in [7, 11) is 3.58. The zero-order valence-electron chi connectivity index (χ0n) is 14.8. The van der Waals surface area contributed by atoms with Crippen LogP contribution in [0.2, 0.25) is 0 Å². The highest BCUT2D eigenvalue weighted by Crippen LogP contribution is 2.27. The molecule has 120 valence electrons. The Kier molecular flexibility index (Phi) is 7.19. The number of esters is 1. The summed E-state index contributed by atoms with van der Waals surface area (Å²) in [6.45, 7) is 15.8. The molecular weight excluding hydrogens is 252 g/mol. The molecule has 3 atom stereocenters. The molecule has 0 amide bonds. The SMILES string of the molecule is CCNC(C)(CC(C)N(C)C(C)C(C)(C)C)C(=O)OC. The number of hydrogen-bond acceptors (Lipinski definition) is 4. The monoisotopic (exact) mass is 286 g/mol. The van der Waals surface area contributed by atoms with Gasteiger partial charge in [-0.2, -0.15) is 0 Å². The van der Waals surface area contributed by atoms with Crippen LogP contribution in [0.1, 0.15) is 54.9 Å². The van der Waals surface area contributed by atoms with E-state index in [-0.39, 0.29) is 17.4 Å². The average Bonchev–Trinajstić information content (AvgIpc) is 2.34. The zero-order valence-corrected chi connectivity index (χ0v) is 14.8. The van der Waals surface area contributed by atoms with Crippen LogP contribution in [0.3, 0.4) is 0 Å². The third kappa shape index (κ3) is 5.06. The molecule has 0 aromatic carbocycles. The van der Waals surface area contributed by atoms with Crippen LogP contribution in [0.25, 0.3) is 0 Å². The van der Waals surface area contributed by atoms with Gasteiger partial charge in [0.25, 0.3) is 0 Å². The van der Waals surface area contributed by atoms with Crippen molar-refractivity contribution in [3.63, 3.8) is 0 Å². The highest BCUT2D eigenvalue weighted by Gasteiger charge is 2.37. The molecule has 20 heavy (non-hydrogen) atoms. The van der Waals surface area contributed by atoms with Crippen LogP contribution in [0.4, 0.5) is 0 Å². The van der Waals surface area contributed by atoms with Crippen LogP contribution in [0.15, 0.2) is 0 Å². The molecule has 0 saturated heterocycles. The Balaban J connectivity index is 4.93. The van der Waals surface area contributed by atoms with E-state index in [2.05, 4.69) is 51.9 Å². The van der Waals surface area contributed by atoms with E-state index in [1.54, 1.807) is 0 Å². The van der Waals surface area contributed by atoms with Gasteiger partial charge in [-0.15, -0.1) is 0 Å². The minimum Gasteiger partial charge on any atom is -0.468 e. The summed E-state index contributed by atoms with van der Waals surface area (Å²) in [5.41, 5.74) is -0.419. The molecule has 0 heterocycles. The fourth-order valence-corrected chi connectivity index (χ4v) is 2.57. The first kappa shape index (κ1) is 19.4. The second kappa shape index (κ2) is 7.41. The smallest absolute Gasteiger partial charge is 0.325 e. The number of likely N-dealkylation sites (N-methyl/N-ethyl adjacent to an activating group) is 1. The molecule has 0 bridgehead atoms. The topological polar surface area (TPSA) is 41.6 Å². The Labute approximate surface area is 125 Å². The van der Waals surface area contributed by atoms with Crippen molar-refractivity contribution in [2.45, 2.75) is 72.5 Å². The van der Waals surface area contributed by atoms with Gasteiger partial charge in [0.15, 0.2) is 0 Å². The van der Waals surface area contributed by atoms with Crippen molar-refractivity contribution in [3.8, 4) is 0 Å². The number of rotatable bonds is 7. The highest BCUT2D eigenvalue weighted by atomic mass is 16.5. The minimum atomic E-state index is -0.630. The van der Waals surface area contributed by atoms with E-state index >= 15 is 0 Å². The number of ether oxygens (including phenoxy) is 1. The van der Waals surface area contributed by atoms with Crippen molar-refractivity contribution in [2.75, 3.05) is 20.7 Å². The molecule has 3 unspecified atom stereocenters. The van der Waals surface area contributed by atoms with Gasteiger partial charge in [0.2, 0.25) is 0 Å². The lowest BCUT2D eigenvalue weighted by Gasteiger charge is -2.41. The Morgan fingerprint density at radius 1 is 1.25 bits per heavy atom. The van der Waals surface area contributed by atoms with Gasteiger partial charge >= 0.3 is 5.97 Å². The van der Waals surface area contributed by atoms with Crippen LogP contribution >= 0.6 is 0 Å². The predicted octanol–water partition coefficient (Wildman–Crippen LogP) is 2.67. The van der Waals surface area contributed by atoms with E-state index in [1.807, 2.05) is 13.8 Å². The van der Waals surface area contributed by atoms with Gasteiger partial charge < -0.3 is 15.0 Å². The summed E-state index contributed by atoms with van der Waals surface area (Å²) in [6, 6.07) is 0.716. The highest BCUT2D eigenvalue weighted by molar-refractivity contribution is 5.80. The van der Waals surface area contributed by atoms with Crippen LogP contribution in [-0.2, 0) is 9.53 Å². The second-order valence-corrected chi connectivity index (χ2v) is 7.11. The Bertz CT molecular complexity index is 312. The third-order valence-corrected chi connectivity index (χ3v) is 4.47. The lowest BCUT2D eigenvalue weighted by molar-refractivity contribution is -0.148. The van der Waals surface area contributed by atoms with Gasteiger partial charge in [-0.3, -0.25) is 4.79 Å². The summed E-state index contributed by atoms with van der Waals surface area (Å²) >= 11 is 0. The number of hydrogen-bond donors (Lipinski definition) is 1. The fourth-order valence-electron chi connectivity index (χ4n) is 2.57. The lowest BCUT2D eigenvalue weighted by atomic mass is 9.85. The Hall–Kier alpha value is -0.610. The normalized spacial score (nSPS) is 18.5. The van der Waals surface area contributed by atoms with E-state index in [4.69, 9.17) is 4.74 Å². The molecule has 0 radical (unpaired) electrons. The molecule has 0 aliphatic carbocycles. The molecule has 4 nitrogen and oxygen atoms in total. The second-order valence-electron chi connectivity index (χ2n) is 7.11. The van der Waals surface area contributed by atoms with E-state index in [9.17, 15) is 4.79 Å². The summed E-state index contributed by atoms with van der Waals surface area (Å²) < 4.78 is 4.96. The maximum atomic E-state index is 12.0. The number of carbonyl (C=O) groups excluding carboxylic acids is 1. The van der Waals surface area contributed by atoms with Crippen molar-refractivity contribution in [1.82, 2.24) is 10.2 Å². The van der Waals surface area contributed by atoms with Gasteiger partial charge in [0.1, 0.15) is 5.54 Å². The maximum Gasteiger partial charge on any atom is 0.325 e. The summed E-state index contributed by atoms with van der Waals surface area (Å²) in [5, 5.41) is 3.27. The number of nitrogens with zero attached hydrogens (tertiary/aromatic N) is 1. The van der Waals surface area contributed by atoms with Crippen molar-refractivity contribution in [2.24, 2.45) is 5.41 Å². The average molecular weight is 286 g/mol. The van der Waals surface area contributed by atoms with Crippen molar-refractivity contribution in [3.05, 3.63) is 0 Å². The molecule has 0 aliphatic heterocycles. The quantitative estimate of drug-likeness (QED) is 0.731. The summed E-state index contributed by atoms with van der Waals surface area (Å²) in [5.74, 6) is -0.192. The first-order chi connectivity index (χ1) is 8.99. The molecule has 0 spiro atoms. The van der Waals surface area contributed by atoms with E-state index < -0.39 is 5.54 Å². The molecule has 1 N–H and O–H groups in total. The standard InChI is InChI=1S/C16H34N2O2/c1-10-17-16(7,14(19)20-9)11-12(2)18(8)13(3)15(4,5)6/h12-13,17H,10-11H2,1-9H3. The van der Waals surface area contributed by atoms with Gasteiger partial charge in [0.05, 0.1) is 7.11 Å². The summed E-state index contributed by atoms with van der Waals surface area (Å²) in [6.07, 6.45) is 0.727. The first-order valence-corrected chi connectivity index (χ1v) is 7.55. The van der Waals surface area contributed by atoms with Crippen LogP contribution in [0, 0.1) is 5.41 Å². The van der Waals surface area contributed by atoms with Crippen molar-refractivity contribution < 1.29 is 9.53 Å². The molecule has 0 rings (SSSR count). The summed E-state index contributed by atoms with van der Waals surface area (Å²) in [4.78, 5) is 14.4. The number of nitrogens with one attached hydrogen (secondary N) is 1. The molecule has 0 aromatic rings. The number of methoxy groups -OCH3 is 1. The van der Waals surface area contributed by atoms with Crippen molar-refractivity contribution >= 4 is 5.97 Å². The third-order valence-electron chi connectivity index (χ3n) is 4.47. The zero-order chi connectivity index (χ0) is 16.1. The fraction of sp³-hybridized carbons (Fsp3) is 0.938. The molecule has 0 aliphatic rings. The van der Waals surface area contributed by atoms with Crippen LogP contribution in [-0.4, -0.2) is 49.2 Å². The van der Waals surface area contributed by atoms with Crippen LogP contribution < -0.4 is 5.32 Å². The Morgan fingerprint density at radius 2 is 1.75 bits per heavy atom. The van der Waals surface area contributed by atoms with Gasteiger partial charge in [-0.05, 0) is 46.2 Å². The van der Waals surface area contributed by atoms with E-state index in [1.165, 1.54) is 7.11 Å². The molecule has 0 aromatic heterocycles. The molecule has 0 saturated carbocycles. The predicted molar refractivity (Wildman–Crippen MR) is 84.9 cm³/mol. The molecule has 4 heteroatoms. The van der Waals surface area contributed by atoms with E-state index in [0.717, 1.165) is 13.0 Å². The molecule has 0 fully saturated rings. The minimum absolute atomic E-state index is 0.192. The largest absolute Gasteiger partial charge is 0.468 e. The first-order valence-electron chi connectivity index (χ1n) is 7.55.